The van der Waals surface area contributed by atoms with Gasteiger partial charge < -0.3 is 4.90 Å². The second-order valence-corrected chi connectivity index (χ2v) is 9.41. The fraction of sp³-hybridized carbons (Fsp3) is 0.500. The molecule has 0 bridgehead atoms. The average molecular weight is 396 g/mol. The molecule has 1 aromatic heterocycles. The highest BCUT2D eigenvalue weighted by Gasteiger charge is 2.28. The highest BCUT2D eigenvalue weighted by Crippen LogP contribution is 2.36. The van der Waals surface area contributed by atoms with Gasteiger partial charge in [-0.25, -0.2) is 13.1 Å². The molecule has 1 saturated carbocycles. The predicted molar refractivity (Wildman–Crippen MR) is 97.5 cm³/mol. The Balaban J connectivity index is 1.61. The van der Waals surface area contributed by atoms with Crippen LogP contribution in [0, 0.1) is 0 Å². The van der Waals surface area contributed by atoms with E-state index < -0.39 is 9.84 Å². The molecule has 0 N–H and O–H groups in total. The fourth-order valence-corrected chi connectivity index (χ4v) is 3.99. The van der Waals surface area contributed by atoms with E-state index in [9.17, 15) is 13.2 Å². The summed E-state index contributed by atoms with van der Waals surface area (Å²) < 4.78 is 24.9. The number of hydrogen-bond acceptors (Lipinski definition) is 7. The summed E-state index contributed by atoms with van der Waals surface area (Å²) in [4.78, 5) is 14.4. The molecule has 1 atom stereocenters. The number of carbonyl (C=O) groups excluding carboxylic acids is 1. The average Bonchev–Trinajstić information content (AvgIpc) is 3.35. The van der Waals surface area contributed by atoms with Crippen molar-refractivity contribution in [2.45, 2.75) is 41.9 Å². The second kappa shape index (κ2) is 7.36. The molecule has 1 aliphatic rings. The molecule has 3 rings (SSSR count). The highest BCUT2D eigenvalue weighted by atomic mass is 32.2. The van der Waals surface area contributed by atoms with Gasteiger partial charge in [0.1, 0.15) is 0 Å². The normalized spacial score (nSPS) is 15.7. The highest BCUT2D eigenvalue weighted by molar-refractivity contribution is 7.99. The molecule has 1 aromatic carbocycles. The molecule has 0 radical (unpaired) electrons. The number of amides is 1. The maximum atomic E-state index is 12.5. The molecule has 140 valence electrons. The number of carbonyl (C=O) groups is 1. The molecule has 1 fully saturated rings. The topological polar surface area (TPSA) is 98.1 Å². The Morgan fingerprint density at radius 3 is 2.58 bits per heavy atom. The maximum Gasteiger partial charge on any atom is 0.233 e. The van der Waals surface area contributed by atoms with E-state index in [1.165, 1.54) is 18.0 Å². The molecule has 0 spiro atoms. The van der Waals surface area contributed by atoms with Crippen LogP contribution in [0.15, 0.2) is 34.3 Å². The van der Waals surface area contributed by atoms with Crippen molar-refractivity contribution in [1.82, 2.24) is 25.1 Å². The second-order valence-electron chi connectivity index (χ2n) is 6.45. The summed E-state index contributed by atoms with van der Waals surface area (Å²) in [6.45, 7) is 1.91. The first-order valence-corrected chi connectivity index (χ1v) is 11.1. The lowest BCUT2D eigenvalue weighted by atomic mass is 10.1. The van der Waals surface area contributed by atoms with Crippen LogP contribution in [0.2, 0.25) is 0 Å². The summed E-state index contributed by atoms with van der Waals surface area (Å²) in [5, 5.41) is 12.3. The van der Waals surface area contributed by atoms with E-state index in [4.69, 9.17) is 0 Å². The SMILES string of the molecule is C[C@H](c1ccc(S(C)(=O)=O)cc1)N(C)C(=O)CSc1nnnn1C1CC1. The lowest BCUT2D eigenvalue weighted by Gasteiger charge is -2.25. The van der Waals surface area contributed by atoms with E-state index in [1.54, 1.807) is 40.9 Å². The van der Waals surface area contributed by atoms with Crippen molar-refractivity contribution < 1.29 is 13.2 Å². The quantitative estimate of drug-likeness (QED) is 0.658. The Hall–Kier alpha value is -1.94. The molecular weight excluding hydrogens is 374 g/mol. The zero-order chi connectivity index (χ0) is 18.9. The van der Waals surface area contributed by atoms with Crippen molar-refractivity contribution in [2.24, 2.45) is 0 Å². The van der Waals surface area contributed by atoms with Crippen LogP contribution in [-0.2, 0) is 14.6 Å². The van der Waals surface area contributed by atoms with Gasteiger partial charge in [0.25, 0.3) is 0 Å². The van der Waals surface area contributed by atoms with Gasteiger partial charge in [0.15, 0.2) is 9.84 Å². The van der Waals surface area contributed by atoms with E-state index in [0.29, 0.717) is 11.2 Å². The molecule has 1 amide bonds. The number of rotatable bonds is 7. The number of benzene rings is 1. The summed E-state index contributed by atoms with van der Waals surface area (Å²) in [5.41, 5.74) is 0.876. The Morgan fingerprint density at radius 2 is 2.00 bits per heavy atom. The lowest BCUT2D eigenvalue weighted by molar-refractivity contribution is -0.128. The predicted octanol–water partition coefficient (Wildman–Crippen LogP) is 1.72. The minimum atomic E-state index is -3.23. The number of tetrazole rings is 1. The van der Waals surface area contributed by atoms with Crippen LogP contribution in [0.4, 0.5) is 0 Å². The molecule has 26 heavy (non-hydrogen) atoms. The minimum absolute atomic E-state index is 0.0416. The first kappa shape index (κ1) is 18.8. The fourth-order valence-electron chi connectivity index (χ4n) is 2.49. The van der Waals surface area contributed by atoms with Gasteiger partial charge in [-0.1, -0.05) is 23.9 Å². The number of aromatic nitrogens is 4. The molecule has 1 heterocycles. The molecule has 1 aliphatic carbocycles. The molecule has 0 saturated heterocycles. The third-order valence-electron chi connectivity index (χ3n) is 4.45. The summed E-state index contributed by atoms with van der Waals surface area (Å²) in [6.07, 6.45) is 3.33. The van der Waals surface area contributed by atoms with Gasteiger partial charge in [0.05, 0.1) is 22.7 Å². The van der Waals surface area contributed by atoms with E-state index in [1.807, 2.05) is 6.92 Å². The summed E-state index contributed by atoms with van der Waals surface area (Å²) in [5.74, 6) is 0.204. The summed E-state index contributed by atoms with van der Waals surface area (Å²) >= 11 is 1.33. The van der Waals surface area contributed by atoms with Crippen molar-refractivity contribution in [2.75, 3.05) is 19.1 Å². The summed E-state index contributed by atoms with van der Waals surface area (Å²) in [6, 6.07) is 6.82. The van der Waals surface area contributed by atoms with Gasteiger partial charge in [-0.3, -0.25) is 4.79 Å². The van der Waals surface area contributed by atoms with Gasteiger partial charge in [0.2, 0.25) is 11.1 Å². The van der Waals surface area contributed by atoms with E-state index in [0.717, 1.165) is 18.4 Å². The first-order chi connectivity index (χ1) is 12.3. The maximum absolute atomic E-state index is 12.5. The Kier molecular flexibility index (Phi) is 5.33. The van der Waals surface area contributed by atoms with Crippen LogP contribution in [0.5, 0.6) is 0 Å². The van der Waals surface area contributed by atoms with Gasteiger partial charge in [-0.15, -0.1) is 5.10 Å². The van der Waals surface area contributed by atoms with Gasteiger partial charge in [-0.05, 0) is 47.9 Å². The third-order valence-corrected chi connectivity index (χ3v) is 6.49. The zero-order valence-electron chi connectivity index (χ0n) is 14.9. The third kappa shape index (κ3) is 4.24. The van der Waals surface area contributed by atoms with Crippen LogP contribution < -0.4 is 0 Å². The van der Waals surface area contributed by atoms with Crippen molar-refractivity contribution in [3.63, 3.8) is 0 Å². The summed E-state index contributed by atoms with van der Waals surface area (Å²) in [7, 11) is -1.49. The van der Waals surface area contributed by atoms with E-state index in [-0.39, 0.29) is 22.6 Å². The Labute approximate surface area is 156 Å². The zero-order valence-corrected chi connectivity index (χ0v) is 16.5. The monoisotopic (exact) mass is 395 g/mol. The standard InChI is InChI=1S/C16H21N5O3S2/c1-11(12-4-8-14(9-5-12)26(3,23)24)20(2)15(22)10-25-16-17-18-19-21(16)13-6-7-13/h4-5,8-9,11,13H,6-7,10H2,1-3H3/t11-/m1/s1. The lowest BCUT2D eigenvalue weighted by Crippen LogP contribution is -2.31. The van der Waals surface area contributed by atoms with Gasteiger partial charge in [0, 0.05) is 13.3 Å². The molecule has 0 unspecified atom stereocenters. The molecular formula is C16H21N5O3S2. The molecule has 10 heteroatoms. The smallest absolute Gasteiger partial charge is 0.233 e. The van der Waals surface area contributed by atoms with Crippen LogP contribution in [0.25, 0.3) is 0 Å². The van der Waals surface area contributed by atoms with Crippen molar-refractivity contribution in [3.8, 4) is 0 Å². The number of hydrogen-bond donors (Lipinski definition) is 0. The van der Waals surface area contributed by atoms with Crippen LogP contribution in [-0.4, -0.2) is 58.5 Å². The number of sulfone groups is 1. The minimum Gasteiger partial charge on any atom is -0.338 e. The van der Waals surface area contributed by atoms with Crippen molar-refractivity contribution in [1.29, 1.82) is 0 Å². The molecule has 2 aromatic rings. The van der Waals surface area contributed by atoms with Gasteiger partial charge >= 0.3 is 0 Å². The Bertz CT molecular complexity index is 891. The first-order valence-electron chi connectivity index (χ1n) is 8.23. The van der Waals surface area contributed by atoms with Crippen LogP contribution >= 0.6 is 11.8 Å². The van der Waals surface area contributed by atoms with Crippen LogP contribution in [0.1, 0.15) is 37.4 Å². The van der Waals surface area contributed by atoms with Crippen molar-refractivity contribution in [3.05, 3.63) is 29.8 Å². The number of thioether (sulfide) groups is 1. The molecule has 0 aliphatic heterocycles. The van der Waals surface area contributed by atoms with E-state index >= 15 is 0 Å². The molecule has 8 nitrogen and oxygen atoms in total. The van der Waals surface area contributed by atoms with E-state index in [2.05, 4.69) is 15.5 Å². The van der Waals surface area contributed by atoms with Gasteiger partial charge in [-0.2, -0.15) is 0 Å². The largest absolute Gasteiger partial charge is 0.338 e. The Morgan fingerprint density at radius 1 is 1.35 bits per heavy atom. The number of nitrogens with zero attached hydrogens (tertiary/aromatic N) is 5. The van der Waals surface area contributed by atoms with Crippen molar-refractivity contribution >= 4 is 27.5 Å². The van der Waals surface area contributed by atoms with Crippen LogP contribution in [0.3, 0.4) is 0 Å².